The number of Topliss-reactive ketones (excluding diaryl/α,β-unsaturated/α-hetero) is 1. The molecule has 25 heavy (non-hydrogen) atoms. The van der Waals surface area contributed by atoms with Crippen LogP contribution in [0.2, 0.25) is 0 Å². The van der Waals surface area contributed by atoms with Crippen LogP contribution in [-0.2, 0) is 0 Å². The zero-order valence-electron chi connectivity index (χ0n) is 13.2. The fourth-order valence-electron chi connectivity index (χ4n) is 3.57. The summed E-state index contributed by atoms with van der Waals surface area (Å²) in [7, 11) is 0. The first kappa shape index (κ1) is 15.3. The molecule has 124 valence electrons. The van der Waals surface area contributed by atoms with E-state index in [2.05, 4.69) is 5.32 Å². The maximum absolute atomic E-state index is 14.5. The molecule has 0 saturated carbocycles. The number of ketones is 1. The highest BCUT2D eigenvalue weighted by atomic mass is 19.1. The Hall–Kier alpha value is -3.28. The van der Waals surface area contributed by atoms with Crippen molar-refractivity contribution in [3.8, 4) is 0 Å². The van der Waals surface area contributed by atoms with E-state index >= 15 is 0 Å². The lowest BCUT2D eigenvalue weighted by atomic mass is 9.83. The van der Waals surface area contributed by atoms with E-state index in [4.69, 9.17) is 0 Å². The van der Waals surface area contributed by atoms with Crippen LogP contribution in [0.1, 0.15) is 34.3 Å². The molecule has 5 nitrogen and oxygen atoms in total. The minimum absolute atomic E-state index is 0.128. The third-order valence-corrected chi connectivity index (χ3v) is 4.63. The van der Waals surface area contributed by atoms with Crippen LogP contribution in [0, 0.1) is 15.9 Å². The molecular weight excluding hydrogens is 323 g/mol. The maximum Gasteiger partial charge on any atom is 0.277 e. The molecule has 1 N–H and O–H groups in total. The van der Waals surface area contributed by atoms with Crippen LogP contribution in [0.3, 0.4) is 0 Å². The molecule has 0 radical (unpaired) electrons. The quantitative estimate of drug-likeness (QED) is 0.671. The second-order valence-electron chi connectivity index (χ2n) is 6.01. The largest absolute Gasteiger partial charge is 0.353 e. The molecule has 0 amide bonds. The van der Waals surface area contributed by atoms with Gasteiger partial charge in [-0.2, -0.15) is 0 Å². The topological polar surface area (TPSA) is 72.2 Å². The average molecular weight is 336 g/mol. The van der Waals surface area contributed by atoms with Crippen molar-refractivity contribution in [1.82, 2.24) is 5.32 Å². The Balaban J connectivity index is 2.00. The molecule has 2 aromatic carbocycles. The summed E-state index contributed by atoms with van der Waals surface area (Å²) in [5.41, 5.74) is 2.14. The molecule has 0 unspecified atom stereocenters. The molecule has 2 aromatic rings. The Labute approximate surface area is 142 Å². The summed E-state index contributed by atoms with van der Waals surface area (Å²) in [6, 6.07) is 12.9. The van der Waals surface area contributed by atoms with E-state index in [1.54, 1.807) is 37.3 Å². The van der Waals surface area contributed by atoms with Gasteiger partial charge in [-0.3, -0.25) is 14.9 Å². The van der Waals surface area contributed by atoms with E-state index in [9.17, 15) is 19.3 Å². The summed E-state index contributed by atoms with van der Waals surface area (Å²) in [5, 5.41) is 14.7. The van der Waals surface area contributed by atoms with Gasteiger partial charge in [0.2, 0.25) is 0 Å². The van der Waals surface area contributed by atoms with Gasteiger partial charge in [0.25, 0.3) is 5.70 Å². The lowest BCUT2D eigenvalue weighted by Gasteiger charge is -2.25. The van der Waals surface area contributed by atoms with E-state index in [1.165, 1.54) is 18.2 Å². The monoisotopic (exact) mass is 336 g/mol. The summed E-state index contributed by atoms with van der Waals surface area (Å²) in [4.78, 5) is 24.1. The van der Waals surface area contributed by atoms with Crippen LogP contribution >= 0.6 is 0 Å². The molecule has 2 aliphatic rings. The van der Waals surface area contributed by atoms with Gasteiger partial charge >= 0.3 is 0 Å². The van der Waals surface area contributed by atoms with Crippen LogP contribution in [0.25, 0.3) is 5.70 Å². The molecular formula is C19H13FN2O3. The molecule has 1 aliphatic carbocycles. The minimum atomic E-state index is -1.05. The van der Waals surface area contributed by atoms with Gasteiger partial charge in [-0.25, -0.2) is 4.39 Å². The number of dihydropyridines is 1. The third-order valence-electron chi connectivity index (χ3n) is 4.63. The van der Waals surface area contributed by atoms with Crippen molar-refractivity contribution in [2.24, 2.45) is 0 Å². The molecule has 0 aromatic heterocycles. The van der Waals surface area contributed by atoms with Gasteiger partial charge in [0, 0.05) is 22.3 Å². The van der Waals surface area contributed by atoms with Crippen molar-refractivity contribution in [2.75, 3.05) is 0 Å². The molecule has 4 rings (SSSR count). The highest BCUT2D eigenvalue weighted by Gasteiger charge is 2.46. The van der Waals surface area contributed by atoms with Crippen LogP contribution in [0.5, 0.6) is 0 Å². The smallest absolute Gasteiger partial charge is 0.277 e. The Morgan fingerprint density at radius 3 is 2.40 bits per heavy atom. The van der Waals surface area contributed by atoms with Crippen molar-refractivity contribution in [3.05, 3.63) is 98.1 Å². The fraction of sp³-hybridized carbons (Fsp3) is 0.105. The maximum atomic E-state index is 14.5. The van der Waals surface area contributed by atoms with Crippen molar-refractivity contribution in [3.63, 3.8) is 0 Å². The van der Waals surface area contributed by atoms with Gasteiger partial charge in [0.05, 0.1) is 16.3 Å². The number of benzene rings is 2. The SMILES string of the molecule is CC1=C([N+](=O)[O-])[C@@H](c2ccccc2F)C2=C(N1)c1ccccc1C2=O. The summed E-state index contributed by atoms with van der Waals surface area (Å²) in [6.45, 7) is 1.57. The number of carbonyl (C=O) groups is 1. The molecule has 0 bridgehead atoms. The number of nitrogens with one attached hydrogen (secondary N) is 1. The van der Waals surface area contributed by atoms with Crippen molar-refractivity contribution in [1.29, 1.82) is 0 Å². The summed E-state index contributed by atoms with van der Waals surface area (Å²) in [5.74, 6) is -1.93. The lowest BCUT2D eigenvalue weighted by molar-refractivity contribution is -0.430. The normalized spacial score (nSPS) is 18.8. The predicted octanol–water partition coefficient (Wildman–Crippen LogP) is 3.63. The summed E-state index contributed by atoms with van der Waals surface area (Å²) < 4.78 is 14.5. The molecule has 6 heteroatoms. The first-order valence-corrected chi connectivity index (χ1v) is 7.75. The first-order chi connectivity index (χ1) is 12.0. The van der Waals surface area contributed by atoms with Crippen LogP contribution in [0.4, 0.5) is 4.39 Å². The zero-order chi connectivity index (χ0) is 17.7. The van der Waals surface area contributed by atoms with E-state index in [0.717, 1.165) is 0 Å². The van der Waals surface area contributed by atoms with Gasteiger partial charge in [0.15, 0.2) is 5.78 Å². The Morgan fingerprint density at radius 2 is 1.72 bits per heavy atom. The Morgan fingerprint density at radius 1 is 1.08 bits per heavy atom. The van der Waals surface area contributed by atoms with Gasteiger partial charge in [0.1, 0.15) is 11.7 Å². The average Bonchev–Trinajstić information content (AvgIpc) is 2.87. The van der Waals surface area contributed by atoms with E-state index < -0.39 is 16.7 Å². The van der Waals surface area contributed by atoms with E-state index in [-0.39, 0.29) is 22.6 Å². The number of nitrogens with zero attached hydrogens (tertiary/aromatic N) is 1. The number of hydrogen-bond acceptors (Lipinski definition) is 4. The van der Waals surface area contributed by atoms with Crippen LogP contribution in [-0.4, -0.2) is 10.7 Å². The zero-order valence-corrected chi connectivity index (χ0v) is 13.2. The number of nitro groups is 1. The number of carbonyl (C=O) groups excluding carboxylic acids is 1. The highest BCUT2D eigenvalue weighted by Crippen LogP contribution is 2.46. The summed E-state index contributed by atoms with van der Waals surface area (Å²) >= 11 is 0. The summed E-state index contributed by atoms with van der Waals surface area (Å²) in [6.07, 6.45) is 0. The molecule has 1 aliphatic heterocycles. The minimum Gasteiger partial charge on any atom is -0.353 e. The lowest BCUT2D eigenvalue weighted by Crippen LogP contribution is -2.28. The fourth-order valence-corrected chi connectivity index (χ4v) is 3.57. The molecule has 1 atom stereocenters. The van der Waals surface area contributed by atoms with E-state index in [1.807, 2.05) is 0 Å². The molecule has 0 fully saturated rings. The second kappa shape index (κ2) is 5.37. The third kappa shape index (κ3) is 2.11. The molecule has 1 heterocycles. The van der Waals surface area contributed by atoms with Gasteiger partial charge in [-0.15, -0.1) is 0 Å². The number of hydrogen-bond donors (Lipinski definition) is 1. The Bertz CT molecular complexity index is 1010. The van der Waals surface area contributed by atoms with E-state index in [0.29, 0.717) is 22.5 Å². The predicted molar refractivity (Wildman–Crippen MR) is 89.7 cm³/mol. The van der Waals surface area contributed by atoms with Crippen molar-refractivity contribution < 1.29 is 14.1 Å². The van der Waals surface area contributed by atoms with Crippen LogP contribution < -0.4 is 5.32 Å². The second-order valence-corrected chi connectivity index (χ2v) is 6.01. The van der Waals surface area contributed by atoms with Gasteiger partial charge in [-0.1, -0.05) is 42.5 Å². The molecule has 0 saturated heterocycles. The number of fused-ring (bicyclic) bond motifs is 2. The highest BCUT2D eigenvalue weighted by molar-refractivity contribution is 6.22. The molecule has 0 spiro atoms. The van der Waals surface area contributed by atoms with Crippen molar-refractivity contribution >= 4 is 11.5 Å². The standard InChI is InChI=1S/C19H13FN2O3/c1-10-18(22(24)25)15(13-8-4-5-9-14(13)20)16-17(21-10)11-6-2-3-7-12(11)19(16)23/h2-9,15,21H,1H3/t15-/m0/s1. The number of allylic oxidation sites excluding steroid dienone is 2. The Kier molecular flexibility index (Phi) is 3.28. The first-order valence-electron chi connectivity index (χ1n) is 7.75. The van der Waals surface area contributed by atoms with Gasteiger partial charge in [-0.05, 0) is 13.0 Å². The number of halogens is 1. The van der Waals surface area contributed by atoms with Gasteiger partial charge < -0.3 is 5.32 Å². The van der Waals surface area contributed by atoms with Crippen LogP contribution in [0.15, 0.2) is 65.5 Å². The van der Waals surface area contributed by atoms with Crippen molar-refractivity contribution in [2.45, 2.75) is 12.8 Å². The number of rotatable bonds is 2.